The molecule has 1 aliphatic rings. The molecule has 2 N–H and O–H groups in total. The van der Waals surface area contributed by atoms with Crippen LogP contribution >= 0.6 is 0 Å². The predicted molar refractivity (Wildman–Crippen MR) is 59.0 cm³/mol. The molecule has 0 aliphatic carbocycles. The summed E-state index contributed by atoms with van der Waals surface area (Å²) in [7, 11) is 2.01. The maximum absolute atomic E-state index is 11.8. The Morgan fingerprint density at radius 3 is 3.13 bits per heavy atom. The molecule has 15 heavy (non-hydrogen) atoms. The third kappa shape index (κ3) is 2.46. The Bertz CT molecular complexity index is 315. The quantitative estimate of drug-likeness (QED) is 0.706. The third-order valence-corrected chi connectivity index (χ3v) is 2.95. The van der Waals surface area contributed by atoms with Crippen LogP contribution < -0.4 is 5.32 Å². The van der Waals surface area contributed by atoms with Gasteiger partial charge in [-0.2, -0.15) is 0 Å². The van der Waals surface area contributed by atoms with E-state index in [1.54, 1.807) is 6.20 Å². The van der Waals surface area contributed by atoms with Crippen LogP contribution in [0.5, 0.6) is 0 Å². The van der Waals surface area contributed by atoms with E-state index in [-0.39, 0.29) is 5.78 Å². The van der Waals surface area contributed by atoms with Gasteiger partial charge in [-0.3, -0.25) is 9.69 Å². The summed E-state index contributed by atoms with van der Waals surface area (Å²) < 4.78 is 0. The van der Waals surface area contributed by atoms with Gasteiger partial charge in [-0.05, 0) is 32.1 Å². The first-order valence-electron chi connectivity index (χ1n) is 5.35. The number of H-pyrrole nitrogens is 1. The molecule has 1 saturated heterocycles. The van der Waals surface area contributed by atoms with Crippen molar-refractivity contribution in [2.75, 3.05) is 26.7 Å². The van der Waals surface area contributed by atoms with Crippen molar-refractivity contribution in [1.29, 1.82) is 0 Å². The number of hydrogen-bond donors (Lipinski definition) is 2. The third-order valence-electron chi connectivity index (χ3n) is 2.95. The molecule has 82 valence electrons. The Labute approximate surface area is 89.7 Å². The first-order valence-corrected chi connectivity index (χ1v) is 5.35. The molecule has 1 aliphatic heterocycles. The highest BCUT2D eigenvalue weighted by Gasteiger charge is 2.21. The number of carbonyl (C=O) groups is 1. The summed E-state index contributed by atoms with van der Waals surface area (Å²) in [6, 6.07) is 4.18. The fourth-order valence-corrected chi connectivity index (χ4v) is 1.96. The molecule has 0 amide bonds. The Kier molecular flexibility index (Phi) is 3.18. The van der Waals surface area contributed by atoms with Gasteiger partial charge in [0.25, 0.3) is 0 Å². The van der Waals surface area contributed by atoms with E-state index in [1.165, 1.54) is 0 Å². The summed E-state index contributed by atoms with van der Waals surface area (Å²) in [6.07, 6.45) is 2.92. The van der Waals surface area contributed by atoms with Gasteiger partial charge in [0.2, 0.25) is 0 Å². The number of ketones is 1. The number of rotatable bonds is 4. The summed E-state index contributed by atoms with van der Waals surface area (Å²) in [5.41, 5.74) is 0.702. The molecule has 0 spiro atoms. The molecular formula is C11H17N3O. The number of aromatic amines is 1. The number of nitrogens with zero attached hydrogens (tertiary/aromatic N) is 1. The number of aromatic nitrogens is 1. The molecule has 0 bridgehead atoms. The van der Waals surface area contributed by atoms with Crippen LogP contribution in [0.4, 0.5) is 0 Å². The van der Waals surface area contributed by atoms with E-state index < -0.39 is 0 Å². The minimum Gasteiger partial charge on any atom is -0.359 e. The van der Waals surface area contributed by atoms with Gasteiger partial charge >= 0.3 is 0 Å². The zero-order valence-corrected chi connectivity index (χ0v) is 8.99. The number of likely N-dealkylation sites (N-methyl/N-ethyl adjacent to an activating group) is 1. The molecule has 1 aromatic heterocycles. The van der Waals surface area contributed by atoms with Crippen molar-refractivity contribution < 1.29 is 4.79 Å². The molecule has 0 radical (unpaired) electrons. The first-order chi connectivity index (χ1) is 7.27. The van der Waals surface area contributed by atoms with Gasteiger partial charge < -0.3 is 10.3 Å². The summed E-state index contributed by atoms with van der Waals surface area (Å²) in [5.74, 6) is 0.161. The van der Waals surface area contributed by atoms with Gasteiger partial charge in [0.1, 0.15) is 0 Å². The van der Waals surface area contributed by atoms with E-state index in [0.717, 1.165) is 19.5 Å². The Morgan fingerprint density at radius 2 is 2.53 bits per heavy atom. The molecule has 2 heterocycles. The van der Waals surface area contributed by atoms with Crippen molar-refractivity contribution in [2.45, 2.75) is 12.5 Å². The average molecular weight is 207 g/mol. The minimum atomic E-state index is 0.161. The maximum atomic E-state index is 11.8. The van der Waals surface area contributed by atoms with Gasteiger partial charge in [0.15, 0.2) is 5.78 Å². The fraction of sp³-hybridized carbons (Fsp3) is 0.545. The van der Waals surface area contributed by atoms with Crippen molar-refractivity contribution in [2.24, 2.45) is 0 Å². The lowest BCUT2D eigenvalue weighted by Gasteiger charge is -2.22. The zero-order chi connectivity index (χ0) is 10.7. The van der Waals surface area contributed by atoms with Crippen LogP contribution in [0.15, 0.2) is 18.3 Å². The summed E-state index contributed by atoms with van der Waals surface area (Å²) in [6.45, 7) is 2.55. The van der Waals surface area contributed by atoms with Gasteiger partial charge in [-0.15, -0.1) is 0 Å². The average Bonchev–Trinajstić information content (AvgIpc) is 2.91. The normalized spacial score (nSPS) is 21.1. The van der Waals surface area contributed by atoms with Crippen LogP contribution in [0.2, 0.25) is 0 Å². The van der Waals surface area contributed by atoms with Crippen LogP contribution in [-0.4, -0.2) is 48.4 Å². The topological polar surface area (TPSA) is 48.1 Å². The number of carbonyl (C=O) groups excluding carboxylic acids is 1. The van der Waals surface area contributed by atoms with E-state index in [1.807, 2.05) is 19.2 Å². The van der Waals surface area contributed by atoms with Crippen molar-refractivity contribution >= 4 is 5.78 Å². The van der Waals surface area contributed by atoms with E-state index in [2.05, 4.69) is 15.2 Å². The second-order valence-corrected chi connectivity index (χ2v) is 4.07. The largest absolute Gasteiger partial charge is 0.359 e. The lowest BCUT2D eigenvalue weighted by atomic mass is 10.2. The highest BCUT2D eigenvalue weighted by atomic mass is 16.1. The Hall–Kier alpha value is -1.13. The first kappa shape index (κ1) is 10.4. The van der Waals surface area contributed by atoms with Crippen molar-refractivity contribution in [3.05, 3.63) is 24.0 Å². The van der Waals surface area contributed by atoms with E-state index in [9.17, 15) is 4.79 Å². The number of Topliss-reactive ketones (excluding diaryl/α,β-unsaturated/α-hetero) is 1. The summed E-state index contributed by atoms with van der Waals surface area (Å²) in [5, 5.41) is 3.30. The second kappa shape index (κ2) is 4.59. The molecule has 4 heteroatoms. The molecule has 1 atom stereocenters. The van der Waals surface area contributed by atoms with E-state index in [0.29, 0.717) is 18.3 Å². The number of nitrogens with one attached hydrogen (secondary N) is 2. The highest BCUT2D eigenvalue weighted by Crippen LogP contribution is 2.07. The Balaban J connectivity index is 1.88. The van der Waals surface area contributed by atoms with Crippen molar-refractivity contribution in [1.82, 2.24) is 15.2 Å². The van der Waals surface area contributed by atoms with E-state index >= 15 is 0 Å². The van der Waals surface area contributed by atoms with Gasteiger partial charge in [0.05, 0.1) is 12.2 Å². The van der Waals surface area contributed by atoms with Gasteiger partial charge in [-0.1, -0.05) is 0 Å². The van der Waals surface area contributed by atoms with E-state index in [4.69, 9.17) is 0 Å². The smallest absolute Gasteiger partial charge is 0.192 e. The standard InChI is InChI=1S/C11H17N3O/c1-14(9-4-6-12-7-9)8-11(15)10-3-2-5-13-10/h2-3,5,9,12-13H,4,6-8H2,1H3/t9-/m1/s1. The van der Waals surface area contributed by atoms with Crippen LogP contribution in [-0.2, 0) is 0 Å². The van der Waals surface area contributed by atoms with Crippen LogP contribution in [0, 0.1) is 0 Å². The second-order valence-electron chi connectivity index (χ2n) is 4.07. The predicted octanol–water partition coefficient (Wildman–Crippen LogP) is 0.491. The molecule has 1 fully saturated rings. The van der Waals surface area contributed by atoms with Crippen molar-refractivity contribution in [3.63, 3.8) is 0 Å². The van der Waals surface area contributed by atoms with Crippen molar-refractivity contribution in [3.8, 4) is 0 Å². The SMILES string of the molecule is CN(CC(=O)c1ccc[nH]1)[C@@H]1CCNC1. The summed E-state index contributed by atoms with van der Waals surface area (Å²) >= 11 is 0. The van der Waals surface area contributed by atoms with Crippen LogP contribution in [0.25, 0.3) is 0 Å². The molecular weight excluding hydrogens is 190 g/mol. The zero-order valence-electron chi connectivity index (χ0n) is 8.99. The monoisotopic (exact) mass is 207 g/mol. The minimum absolute atomic E-state index is 0.161. The molecule has 2 rings (SSSR count). The fourth-order valence-electron chi connectivity index (χ4n) is 1.96. The molecule has 0 saturated carbocycles. The van der Waals surface area contributed by atoms with Crippen LogP contribution in [0.1, 0.15) is 16.9 Å². The molecule has 0 aromatic carbocycles. The Morgan fingerprint density at radius 1 is 1.67 bits per heavy atom. The van der Waals surface area contributed by atoms with Gasteiger partial charge in [0, 0.05) is 18.8 Å². The lowest BCUT2D eigenvalue weighted by molar-refractivity contribution is 0.0920. The maximum Gasteiger partial charge on any atom is 0.192 e. The van der Waals surface area contributed by atoms with Gasteiger partial charge in [-0.25, -0.2) is 0 Å². The lowest BCUT2D eigenvalue weighted by Crippen LogP contribution is -2.37. The molecule has 1 aromatic rings. The summed E-state index contributed by atoms with van der Waals surface area (Å²) in [4.78, 5) is 16.8. The molecule has 0 unspecified atom stereocenters. The van der Waals surface area contributed by atoms with Crippen LogP contribution in [0.3, 0.4) is 0 Å². The molecule has 4 nitrogen and oxygen atoms in total. The number of hydrogen-bond acceptors (Lipinski definition) is 3. The highest BCUT2D eigenvalue weighted by molar-refractivity contribution is 5.95.